The van der Waals surface area contributed by atoms with Crippen LogP contribution in [-0.2, 0) is 0 Å². The molecule has 174 valence electrons. The minimum Gasteiger partial charge on any atom is -0.493 e. The molecule has 5 aromatic rings. The number of aromatic amines is 1. The van der Waals surface area contributed by atoms with Crippen LogP contribution < -0.4 is 26.5 Å². The number of fused-ring (bicyclic) bond motifs is 1. The van der Waals surface area contributed by atoms with Crippen LogP contribution in [0.5, 0.6) is 11.5 Å². The van der Waals surface area contributed by atoms with Crippen LogP contribution in [0.2, 0.25) is 0 Å². The van der Waals surface area contributed by atoms with Crippen LogP contribution in [0.1, 0.15) is 0 Å². The van der Waals surface area contributed by atoms with Gasteiger partial charge in [-0.15, -0.1) is 0 Å². The van der Waals surface area contributed by atoms with Crippen molar-refractivity contribution in [1.29, 1.82) is 0 Å². The summed E-state index contributed by atoms with van der Waals surface area (Å²) in [6, 6.07) is 23.2. The zero-order valence-electron chi connectivity index (χ0n) is 19.1. The lowest BCUT2D eigenvalue weighted by Crippen LogP contribution is -2.34. The van der Waals surface area contributed by atoms with E-state index in [-0.39, 0.29) is 11.0 Å². The molecular weight excluding hydrogens is 444 g/mol. The first kappa shape index (κ1) is 22.0. The molecule has 0 bridgehead atoms. The minimum absolute atomic E-state index is 0.186. The molecule has 0 amide bonds. The second kappa shape index (κ2) is 8.83. The van der Waals surface area contributed by atoms with Crippen molar-refractivity contribution in [3.8, 4) is 39.6 Å². The van der Waals surface area contributed by atoms with Gasteiger partial charge in [-0.05, 0) is 48.0 Å². The van der Waals surface area contributed by atoms with E-state index in [9.17, 15) is 9.59 Å². The highest BCUT2D eigenvalue weighted by atomic mass is 16.5. The Balaban J connectivity index is 1.87. The van der Waals surface area contributed by atoms with Crippen LogP contribution in [-0.4, -0.2) is 28.8 Å². The largest absolute Gasteiger partial charge is 0.493 e. The molecule has 8 heteroatoms. The average molecular weight is 466 g/mol. The Morgan fingerprint density at radius 2 is 1.51 bits per heavy atom. The van der Waals surface area contributed by atoms with E-state index in [0.29, 0.717) is 39.7 Å². The van der Waals surface area contributed by atoms with E-state index >= 15 is 0 Å². The number of nitrogens with two attached hydrogens (primary N) is 1. The number of ether oxygens (including phenoxy) is 2. The van der Waals surface area contributed by atoms with Gasteiger partial charge in [-0.2, -0.15) is 0 Å². The first-order valence-electron chi connectivity index (χ1n) is 10.8. The zero-order chi connectivity index (χ0) is 24.5. The fraction of sp³-hybridized carbons (Fsp3) is 0.0741. The number of aromatic nitrogens is 3. The van der Waals surface area contributed by atoms with Gasteiger partial charge in [0.2, 0.25) is 0 Å². The summed E-state index contributed by atoms with van der Waals surface area (Å²) in [7, 11) is 3.10. The van der Waals surface area contributed by atoms with Crippen LogP contribution in [0.3, 0.4) is 0 Å². The average Bonchev–Trinajstić information content (AvgIpc) is 2.88. The SMILES string of the molecule is COc1ccc(-c2cc(-c3ccc(N)cc3)nc3[nH]c(=O)n(-c4ccccc4)c(=O)c23)cc1OC. The number of nitrogen functional groups attached to an aromatic ring is 1. The highest BCUT2D eigenvalue weighted by molar-refractivity contribution is 5.95. The summed E-state index contributed by atoms with van der Waals surface area (Å²) in [6.45, 7) is 0. The Hall–Kier alpha value is -4.85. The van der Waals surface area contributed by atoms with E-state index in [1.165, 1.54) is 0 Å². The topological polar surface area (TPSA) is 112 Å². The maximum absolute atomic E-state index is 13.7. The molecule has 8 nitrogen and oxygen atoms in total. The fourth-order valence-electron chi connectivity index (χ4n) is 4.06. The Morgan fingerprint density at radius 1 is 0.829 bits per heavy atom. The molecule has 3 aromatic carbocycles. The fourth-order valence-corrected chi connectivity index (χ4v) is 4.06. The van der Waals surface area contributed by atoms with Crippen molar-refractivity contribution in [2.45, 2.75) is 0 Å². The summed E-state index contributed by atoms with van der Waals surface area (Å²) in [4.78, 5) is 34.2. The van der Waals surface area contributed by atoms with Gasteiger partial charge in [0.1, 0.15) is 5.65 Å². The molecular formula is C27H22N4O4. The molecule has 0 fully saturated rings. The number of H-pyrrole nitrogens is 1. The number of nitrogens with zero attached hydrogens (tertiary/aromatic N) is 2. The van der Waals surface area contributed by atoms with Crippen molar-refractivity contribution < 1.29 is 9.47 Å². The molecule has 35 heavy (non-hydrogen) atoms. The molecule has 0 unspecified atom stereocenters. The molecule has 0 saturated heterocycles. The minimum atomic E-state index is -0.575. The molecule has 0 spiro atoms. The molecule has 2 heterocycles. The van der Waals surface area contributed by atoms with Gasteiger partial charge in [0, 0.05) is 16.8 Å². The van der Waals surface area contributed by atoms with E-state index in [1.807, 2.05) is 30.3 Å². The zero-order valence-corrected chi connectivity index (χ0v) is 19.1. The van der Waals surface area contributed by atoms with E-state index < -0.39 is 11.2 Å². The Bertz CT molecular complexity index is 1660. The molecule has 0 saturated carbocycles. The number of hydrogen-bond donors (Lipinski definition) is 2. The lowest BCUT2D eigenvalue weighted by molar-refractivity contribution is 0.355. The van der Waals surface area contributed by atoms with Gasteiger partial charge < -0.3 is 15.2 Å². The highest BCUT2D eigenvalue weighted by Gasteiger charge is 2.18. The number of benzene rings is 3. The number of methoxy groups -OCH3 is 2. The Labute approximate surface area is 200 Å². The number of rotatable bonds is 5. The molecule has 3 N–H and O–H groups in total. The van der Waals surface area contributed by atoms with Crippen molar-refractivity contribution >= 4 is 16.7 Å². The van der Waals surface area contributed by atoms with Crippen LogP contribution >= 0.6 is 0 Å². The quantitative estimate of drug-likeness (QED) is 0.379. The van der Waals surface area contributed by atoms with Crippen LogP contribution in [0.4, 0.5) is 5.69 Å². The normalized spacial score (nSPS) is 10.9. The summed E-state index contributed by atoms with van der Waals surface area (Å²) in [5.41, 5.74) is 8.73. The summed E-state index contributed by atoms with van der Waals surface area (Å²) >= 11 is 0. The van der Waals surface area contributed by atoms with E-state index in [2.05, 4.69) is 9.97 Å². The van der Waals surface area contributed by atoms with Crippen LogP contribution in [0.25, 0.3) is 39.1 Å². The third-order valence-corrected chi connectivity index (χ3v) is 5.78. The molecule has 0 aliphatic carbocycles. The van der Waals surface area contributed by atoms with E-state index in [4.69, 9.17) is 15.2 Å². The van der Waals surface area contributed by atoms with E-state index in [1.54, 1.807) is 62.8 Å². The highest BCUT2D eigenvalue weighted by Crippen LogP contribution is 2.35. The summed E-state index contributed by atoms with van der Waals surface area (Å²) in [5.74, 6) is 1.07. The predicted octanol–water partition coefficient (Wildman–Crippen LogP) is 4.01. The van der Waals surface area contributed by atoms with Gasteiger partial charge in [0.15, 0.2) is 11.5 Å². The first-order chi connectivity index (χ1) is 17.0. The van der Waals surface area contributed by atoms with Gasteiger partial charge in [-0.25, -0.2) is 14.3 Å². The number of anilines is 1. The molecule has 0 radical (unpaired) electrons. The smallest absolute Gasteiger partial charge is 0.334 e. The van der Waals surface area contributed by atoms with Gasteiger partial charge in [0.25, 0.3) is 5.56 Å². The molecule has 0 aliphatic rings. The maximum atomic E-state index is 13.7. The standard InChI is InChI=1S/C27H22N4O4/c1-34-22-13-10-17(14-23(22)35-2)20-15-21(16-8-11-18(28)12-9-16)29-25-24(20)26(32)31(27(33)30-25)19-6-4-3-5-7-19/h3-15H,28H2,1-2H3,(H,29,30,33). The van der Waals surface area contributed by atoms with Crippen molar-refractivity contribution in [3.05, 3.63) is 99.7 Å². The van der Waals surface area contributed by atoms with Crippen LogP contribution in [0, 0.1) is 0 Å². The molecule has 2 aromatic heterocycles. The number of pyridine rings is 1. The third-order valence-electron chi connectivity index (χ3n) is 5.78. The second-order valence-electron chi connectivity index (χ2n) is 7.88. The monoisotopic (exact) mass is 466 g/mol. The number of para-hydroxylation sites is 1. The van der Waals surface area contributed by atoms with Gasteiger partial charge >= 0.3 is 5.69 Å². The maximum Gasteiger partial charge on any atom is 0.334 e. The van der Waals surface area contributed by atoms with Crippen molar-refractivity contribution in [1.82, 2.24) is 14.5 Å². The first-order valence-corrected chi connectivity index (χ1v) is 10.8. The molecule has 0 atom stereocenters. The van der Waals surface area contributed by atoms with Gasteiger partial charge in [-0.3, -0.25) is 9.78 Å². The summed E-state index contributed by atoms with van der Waals surface area (Å²) < 4.78 is 12.0. The lowest BCUT2D eigenvalue weighted by atomic mass is 9.99. The van der Waals surface area contributed by atoms with Crippen molar-refractivity contribution in [2.75, 3.05) is 20.0 Å². The predicted molar refractivity (Wildman–Crippen MR) is 136 cm³/mol. The van der Waals surface area contributed by atoms with Crippen LogP contribution in [0.15, 0.2) is 88.5 Å². The summed E-state index contributed by atoms with van der Waals surface area (Å²) in [6.07, 6.45) is 0. The summed E-state index contributed by atoms with van der Waals surface area (Å²) in [5, 5.41) is 0.278. The Kier molecular flexibility index (Phi) is 5.54. The van der Waals surface area contributed by atoms with Crippen molar-refractivity contribution in [2.24, 2.45) is 0 Å². The third kappa shape index (κ3) is 3.91. The van der Waals surface area contributed by atoms with E-state index in [0.717, 1.165) is 10.1 Å². The number of hydrogen-bond acceptors (Lipinski definition) is 6. The van der Waals surface area contributed by atoms with Crippen molar-refractivity contribution in [3.63, 3.8) is 0 Å². The molecule has 5 rings (SSSR count). The van der Waals surface area contributed by atoms with Gasteiger partial charge in [0.05, 0.1) is 31.0 Å². The van der Waals surface area contributed by atoms with Gasteiger partial charge in [-0.1, -0.05) is 36.4 Å². The second-order valence-corrected chi connectivity index (χ2v) is 7.88. The molecule has 0 aliphatic heterocycles. The number of nitrogens with one attached hydrogen (secondary N) is 1. The lowest BCUT2D eigenvalue weighted by Gasteiger charge is -2.14. The Morgan fingerprint density at radius 3 is 2.20 bits per heavy atom.